The number of imide groups is 2. The minimum Gasteiger partial charge on any atom is -0.489 e. The average Bonchev–Trinajstić information content (AvgIpc) is 3.03. The smallest absolute Gasteiger partial charge is 0.335 e. The molecule has 1 fully saturated rings. The summed E-state index contributed by atoms with van der Waals surface area (Å²) in [5, 5.41) is 5.13. The monoisotopic (exact) mass is 680 g/mol. The summed E-state index contributed by atoms with van der Waals surface area (Å²) in [5.41, 5.74) is 3.74. The van der Waals surface area contributed by atoms with Crippen molar-refractivity contribution < 1.29 is 23.9 Å². The van der Waals surface area contributed by atoms with Crippen molar-refractivity contribution in [3.63, 3.8) is 0 Å². The van der Waals surface area contributed by atoms with Crippen LogP contribution in [0.3, 0.4) is 0 Å². The van der Waals surface area contributed by atoms with E-state index >= 15 is 0 Å². The molecule has 1 heterocycles. The van der Waals surface area contributed by atoms with Gasteiger partial charge in [-0.25, -0.2) is 9.69 Å². The van der Waals surface area contributed by atoms with Crippen molar-refractivity contribution in [1.82, 2.24) is 5.32 Å². The first-order valence-electron chi connectivity index (χ1n) is 14.1. The van der Waals surface area contributed by atoms with Crippen LogP contribution in [-0.2, 0) is 22.8 Å². The van der Waals surface area contributed by atoms with Crippen LogP contribution in [0.2, 0.25) is 5.02 Å². The maximum atomic E-state index is 13.4. The molecule has 224 valence electrons. The van der Waals surface area contributed by atoms with Gasteiger partial charge in [0.05, 0.1) is 10.2 Å². The zero-order valence-electron chi connectivity index (χ0n) is 24.1. The van der Waals surface area contributed by atoms with Crippen LogP contribution in [0.25, 0.3) is 16.8 Å². The number of fused-ring (bicyclic) bond motifs is 1. The van der Waals surface area contributed by atoms with Gasteiger partial charge < -0.3 is 9.47 Å². The lowest BCUT2D eigenvalue weighted by Crippen LogP contribution is -2.54. The molecule has 0 aromatic heterocycles. The van der Waals surface area contributed by atoms with E-state index < -0.39 is 17.8 Å². The van der Waals surface area contributed by atoms with Gasteiger partial charge in [0.1, 0.15) is 30.3 Å². The van der Waals surface area contributed by atoms with Crippen LogP contribution in [0.15, 0.2) is 113 Å². The van der Waals surface area contributed by atoms with Crippen molar-refractivity contribution >= 4 is 67.9 Å². The van der Waals surface area contributed by atoms with Gasteiger partial charge in [-0.1, -0.05) is 72.3 Å². The summed E-state index contributed by atoms with van der Waals surface area (Å²) in [6, 6.07) is 30.6. The highest BCUT2D eigenvalue weighted by Crippen LogP contribution is 2.31. The van der Waals surface area contributed by atoms with Crippen molar-refractivity contribution in [1.29, 1.82) is 0 Å². The van der Waals surface area contributed by atoms with Gasteiger partial charge in [0.2, 0.25) is 0 Å². The molecule has 5 aromatic rings. The molecule has 4 amide bonds. The fraction of sp³-hybridized carbons (Fsp3) is 0.0833. The molecule has 5 aromatic carbocycles. The number of ether oxygens (including phenoxy) is 2. The van der Waals surface area contributed by atoms with E-state index in [1.165, 1.54) is 6.08 Å². The van der Waals surface area contributed by atoms with Crippen molar-refractivity contribution in [2.75, 3.05) is 4.90 Å². The molecule has 1 saturated heterocycles. The number of amides is 4. The van der Waals surface area contributed by atoms with Crippen LogP contribution < -0.4 is 19.7 Å². The molecule has 1 aliphatic rings. The summed E-state index contributed by atoms with van der Waals surface area (Å²) < 4.78 is 12.6. The highest BCUT2D eigenvalue weighted by atomic mass is 79.9. The first-order valence-corrected chi connectivity index (χ1v) is 15.2. The summed E-state index contributed by atoms with van der Waals surface area (Å²) in [6.07, 6.45) is 1.45. The van der Waals surface area contributed by atoms with E-state index in [-0.39, 0.29) is 17.9 Å². The van der Waals surface area contributed by atoms with Crippen molar-refractivity contribution in [2.24, 2.45) is 0 Å². The number of halogens is 2. The second kappa shape index (κ2) is 13.0. The lowest BCUT2D eigenvalue weighted by atomic mass is 10.0. The minimum atomic E-state index is -0.833. The lowest BCUT2D eigenvalue weighted by Gasteiger charge is -2.26. The molecule has 0 unspecified atom stereocenters. The Morgan fingerprint density at radius 3 is 2.38 bits per heavy atom. The number of urea groups is 1. The Balaban J connectivity index is 1.17. The molecule has 0 radical (unpaired) electrons. The van der Waals surface area contributed by atoms with E-state index in [0.717, 1.165) is 32.4 Å². The molecule has 1 aliphatic heterocycles. The summed E-state index contributed by atoms with van der Waals surface area (Å²) >= 11 is 9.76. The van der Waals surface area contributed by atoms with Gasteiger partial charge in [0.25, 0.3) is 11.8 Å². The molecule has 9 heteroatoms. The van der Waals surface area contributed by atoms with E-state index in [1.807, 2.05) is 30.3 Å². The number of carbonyl (C=O) groups excluding carboxylic acids is 3. The Kier molecular flexibility index (Phi) is 8.69. The van der Waals surface area contributed by atoms with Gasteiger partial charge in [-0.05, 0) is 93.3 Å². The summed E-state index contributed by atoms with van der Waals surface area (Å²) in [4.78, 5) is 39.8. The van der Waals surface area contributed by atoms with Crippen LogP contribution in [-0.4, -0.2) is 17.8 Å². The van der Waals surface area contributed by atoms with Crippen molar-refractivity contribution in [2.45, 2.75) is 20.1 Å². The highest BCUT2D eigenvalue weighted by molar-refractivity contribution is 9.10. The van der Waals surface area contributed by atoms with Gasteiger partial charge in [0, 0.05) is 16.1 Å². The first-order chi connectivity index (χ1) is 21.8. The van der Waals surface area contributed by atoms with Gasteiger partial charge in [-0.2, -0.15) is 0 Å². The summed E-state index contributed by atoms with van der Waals surface area (Å²) in [7, 11) is 0. The molecule has 0 atom stereocenters. The molecular weight excluding hydrogens is 656 g/mol. The van der Waals surface area contributed by atoms with Crippen LogP contribution >= 0.6 is 27.5 Å². The van der Waals surface area contributed by atoms with E-state index in [0.29, 0.717) is 33.2 Å². The van der Waals surface area contributed by atoms with Crippen molar-refractivity contribution in [3.05, 3.63) is 140 Å². The van der Waals surface area contributed by atoms with Gasteiger partial charge in [-0.3, -0.25) is 14.9 Å². The number of hydrogen-bond donors (Lipinski definition) is 1. The molecule has 1 N–H and O–H groups in total. The summed E-state index contributed by atoms with van der Waals surface area (Å²) in [6.45, 7) is 2.68. The predicted octanol–water partition coefficient (Wildman–Crippen LogP) is 8.39. The predicted molar refractivity (Wildman–Crippen MR) is 178 cm³/mol. The second-order valence-electron chi connectivity index (χ2n) is 10.4. The minimum absolute atomic E-state index is 0.180. The molecule has 0 saturated carbocycles. The quantitative estimate of drug-likeness (QED) is 0.131. The molecule has 45 heavy (non-hydrogen) atoms. The number of nitrogens with zero attached hydrogens (tertiary/aromatic N) is 1. The lowest BCUT2D eigenvalue weighted by molar-refractivity contribution is -0.122. The third-order valence-electron chi connectivity index (χ3n) is 7.46. The standard InChI is InChI=1S/C36H26BrClN2O5/c1-22-10-12-24-6-2-4-8-28(24)30(22)21-45-33-17-11-23(19-31(33)37)18-29-34(41)39-36(43)40(35(29)42)26-13-15-27(16-14-26)44-20-25-7-3-5-9-32(25)38/h2-19H,20-21H2,1H3,(H,39,41,43)/b29-18+. The molecule has 6 rings (SSSR count). The number of aryl methyl sites for hydroxylation is 1. The second-order valence-corrected chi connectivity index (χ2v) is 11.7. The third kappa shape index (κ3) is 6.48. The molecule has 0 bridgehead atoms. The Hall–Kier alpha value is -4.92. The fourth-order valence-electron chi connectivity index (χ4n) is 5.04. The number of anilines is 1. The Morgan fingerprint density at radius 1 is 0.844 bits per heavy atom. The third-order valence-corrected chi connectivity index (χ3v) is 8.45. The average molecular weight is 682 g/mol. The van der Waals surface area contributed by atoms with E-state index in [2.05, 4.69) is 52.4 Å². The fourth-order valence-corrected chi connectivity index (χ4v) is 5.74. The number of hydrogen-bond acceptors (Lipinski definition) is 5. The Bertz CT molecular complexity index is 1990. The van der Waals surface area contributed by atoms with Gasteiger partial charge in [-0.15, -0.1) is 0 Å². The van der Waals surface area contributed by atoms with Crippen LogP contribution in [0.5, 0.6) is 11.5 Å². The number of barbiturate groups is 1. The maximum Gasteiger partial charge on any atom is 0.335 e. The molecule has 0 aliphatic carbocycles. The topological polar surface area (TPSA) is 84.9 Å². The summed E-state index contributed by atoms with van der Waals surface area (Å²) in [5.74, 6) is -0.379. The normalized spacial score (nSPS) is 14.2. The number of carbonyl (C=O) groups is 3. The number of nitrogens with one attached hydrogen (secondary N) is 1. The van der Waals surface area contributed by atoms with Crippen LogP contribution in [0, 0.1) is 6.92 Å². The largest absolute Gasteiger partial charge is 0.489 e. The van der Waals surface area contributed by atoms with E-state index in [4.69, 9.17) is 21.1 Å². The first kappa shape index (κ1) is 30.1. The van der Waals surface area contributed by atoms with Crippen LogP contribution in [0.1, 0.15) is 22.3 Å². The molecule has 0 spiro atoms. The molecular formula is C36H26BrClN2O5. The van der Waals surface area contributed by atoms with Gasteiger partial charge in [0.15, 0.2) is 0 Å². The highest BCUT2D eigenvalue weighted by Gasteiger charge is 2.36. The number of rotatable bonds is 8. The zero-order chi connectivity index (χ0) is 31.5. The SMILES string of the molecule is Cc1ccc2ccccc2c1COc1ccc(/C=C2\C(=O)NC(=O)N(c3ccc(OCc4ccccc4Cl)cc3)C2=O)cc1Br. The van der Waals surface area contributed by atoms with Gasteiger partial charge >= 0.3 is 6.03 Å². The maximum absolute atomic E-state index is 13.4. The van der Waals surface area contributed by atoms with Crippen LogP contribution in [0.4, 0.5) is 10.5 Å². The Morgan fingerprint density at radius 2 is 1.60 bits per heavy atom. The zero-order valence-corrected chi connectivity index (χ0v) is 26.4. The van der Waals surface area contributed by atoms with E-state index in [1.54, 1.807) is 48.5 Å². The molecule has 7 nitrogen and oxygen atoms in total. The van der Waals surface area contributed by atoms with Crippen molar-refractivity contribution in [3.8, 4) is 11.5 Å². The number of benzene rings is 5. The Labute approximate surface area is 273 Å². The van der Waals surface area contributed by atoms with E-state index in [9.17, 15) is 14.4 Å².